The summed E-state index contributed by atoms with van der Waals surface area (Å²) in [6.45, 7) is 3.59. The van der Waals surface area contributed by atoms with Gasteiger partial charge in [0, 0.05) is 31.1 Å². The van der Waals surface area contributed by atoms with Crippen molar-refractivity contribution >= 4 is 17.0 Å². The van der Waals surface area contributed by atoms with E-state index in [4.69, 9.17) is 4.74 Å². The quantitative estimate of drug-likeness (QED) is 0.414. The second-order valence-electron chi connectivity index (χ2n) is 7.92. The number of thiophene rings is 1. The number of nitrogens with zero attached hydrogens (tertiary/aromatic N) is 6. The van der Waals surface area contributed by atoms with E-state index in [1.165, 1.54) is 10.9 Å². The zero-order chi connectivity index (χ0) is 22.6. The number of anilines is 1. The summed E-state index contributed by atoms with van der Waals surface area (Å²) in [5.41, 5.74) is 1.75. The van der Waals surface area contributed by atoms with Crippen molar-refractivity contribution in [1.82, 2.24) is 25.1 Å². The second-order valence-corrected chi connectivity index (χ2v) is 8.96. The van der Waals surface area contributed by atoms with Crippen molar-refractivity contribution < 1.29 is 9.13 Å². The topological polar surface area (TPSA) is 59.3 Å². The molecule has 0 bridgehead atoms. The molecule has 4 aromatic rings. The van der Waals surface area contributed by atoms with Gasteiger partial charge in [0.25, 0.3) is 0 Å². The lowest BCUT2D eigenvalue weighted by Crippen LogP contribution is -2.48. The van der Waals surface area contributed by atoms with Crippen LogP contribution in [0.15, 0.2) is 66.0 Å². The lowest BCUT2D eigenvalue weighted by molar-refractivity contribution is 0.201. The SMILES string of the molecule is COc1ccc([C@H](c2nnnn2Cc2cccs2)N2CCN(c3ccccc3F)CC2)cc1. The van der Waals surface area contributed by atoms with Gasteiger partial charge in [0.2, 0.25) is 0 Å². The molecular weight excluding hydrogens is 439 g/mol. The van der Waals surface area contributed by atoms with Gasteiger partial charge in [0.05, 0.1) is 25.4 Å². The first-order chi connectivity index (χ1) is 16.2. The molecule has 2 aromatic carbocycles. The summed E-state index contributed by atoms with van der Waals surface area (Å²) < 4.78 is 21.6. The Morgan fingerprint density at radius 1 is 1.00 bits per heavy atom. The van der Waals surface area contributed by atoms with Gasteiger partial charge in [-0.3, -0.25) is 4.90 Å². The van der Waals surface area contributed by atoms with Gasteiger partial charge in [-0.25, -0.2) is 9.07 Å². The maximum Gasteiger partial charge on any atom is 0.173 e. The van der Waals surface area contributed by atoms with Crippen LogP contribution in [-0.2, 0) is 6.54 Å². The summed E-state index contributed by atoms with van der Waals surface area (Å²) in [6, 6.07) is 19.0. The van der Waals surface area contributed by atoms with Crippen LogP contribution in [0.25, 0.3) is 0 Å². The molecular formula is C24H25FN6OS. The van der Waals surface area contributed by atoms with E-state index in [9.17, 15) is 4.39 Å². The monoisotopic (exact) mass is 464 g/mol. The van der Waals surface area contributed by atoms with Crippen LogP contribution >= 0.6 is 11.3 Å². The molecule has 1 atom stereocenters. The first-order valence-electron chi connectivity index (χ1n) is 10.9. The molecule has 0 amide bonds. The molecule has 0 saturated carbocycles. The van der Waals surface area contributed by atoms with Crippen LogP contribution in [0, 0.1) is 5.82 Å². The lowest BCUT2D eigenvalue weighted by Gasteiger charge is -2.40. The van der Waals surface area contributed by atoms with E-state index in [1.54, 1.807) is 24.5 Å². The van der Waals surface area contributed by atoms with Gasteiger partial charge in [-0.05, 0) is 51.7 Å². The number of hydrogen-bond donors (Lipinski definition) is 0. The van der Waals surface area contributed by atoms with Crippen LogP contribution in [0.5, 0.6) is 5.75 Å². The molecule has 33 heavy (non-hydrogen) atoms. The van der Waals surface area contributed by atoms with E-state index in [2.05, 4.69) is 48.9 Å². The fourth-order valence-electron chi connectivity index (χ4n) is 4.31. The van der Waals surface area contributed by atoms with Crippen molar-refractivity contribution in [3.8, 4) is 5.75 Å². The number of piperazine rings is 1. The molecule has 3 heterocycles. The second kappa shape index (κ2) is 9.68. The molecule has 0 N–H and O–H groups in total. The first kappa shape index (κ1) is 21.5. The normalized spacial score (nSPS) is 15.5. The average molecular weight is 465 g/mol. The summed E-state index contributed by atoms with van der Waals surface area (Å²) in [5.74, 6) is 1.42. The van der Waals surface area contributed by atoms with Gasteiger partial charge >= 0.3 is 0 Å². The summed E-state index contributed by atoms with van der Waals surface area (Å²) in [7, 11) is 1.66. The highest BCUT2D eigenvalue weighted by atomic mass is 32.1. The predicted molar refractivity (Wildman–Crippen MR) is 126 cm³/mol. The van der Waals surface area contributed by atoms with Gasteiger partial charge in [-0.2, -0.15) is 0 Å². The number of ether oxygens (including phenoxy) is 1. The minimum Gasteiger partial charge on any atom is -0.497 e. The van der Waals surface area contributed by atoms with Gasteiger partial charge in [0.1, 0.15) is 11.6 Å². The summed E-state index contributed by atoms with van der Waals surface area (Å²) in [6.07, 6.45) is 0. The molecule has 170 valence electrons. The highest BCUT2D eigenvalue weighted by Gasteiger charge is 2.31. The van der Waals surface area contributed by atoms with Gasteiger partial charge < -0.3 is 9.64 Å². The highest BCUT2D eigenvalue weighted by molar-refractivity contribution is 7.09. The Labute approximate surface area is 196 Å². The summed E-state index contributed by atoms with van der Waals surface area (Å²) in [5, 5.41) is 14.8. The van der Waals surface area contributed by atoms with Gasteiger partial charge in [0.15, 0.2) is 5.82 Å². The maximum atomic E-state index is 14.3. The number of methoxy groups -OCH3 is 1. The largest absolute Gasteiger partial charge is 0.497 e. The van der Waals surface area contributed by atoms with Crippen LogP contribution in [0.1, 0.15) is 22.3 Å². The molecule has 1 fully saturated rings. The molecule has 0 unspecified atom stereocenters. The minimum absolute atomic E-state index is 0.117. The van der Waals surface area contributed by atoms with E-state index >= 15 is 0 Å². The fraction of sp³-hybridized carbons (Fsp3) is 0.292. The average Bonchev–Trinajstić information content (AvgIpc) is 3.54. The van der Waals surface area contributed by atoms with Crippen molar-refractivity contribution in [2.45, 2.75) is 12.6 Å². The van der Waals surface area contributed by atoms with Crippen LogP contribution in [-0.4, -0.2) is 58.4 Å². The van der Waals surface area contributed by atoms with Crippen molar-refractivity contribution in [3.05, 3.63) is 88.1 Å². The van der Waals surface area contributed by atoms with Crippen LogP contribution in [0.3, 0.4) is 0 Å². The molecule has 0 spiro atoms. The Morgan fingerprint density at radius 2 is 1.79 bits per heavy atom. The Bertz CT molecular complexity index is 1170. The van der Waals surface area contributed by atoms with Crippen molar-refractivity contribution in [2.75, 3.05) is 38.2 Å². The third kappa shape index (κ3) is 4.60. The molecule has 7 nitrogen and oxygen atoms in total. The number of aromatic nitrogens is 4. The van der Waals surface area contributed by atoms with Crippen molar-refractivity contribution in [3.63, 3.8) is 0 Å². The van der Waals surface area contributed by atoms with Crippen molar-refractivity contribution in [2.24, 2.45) is 0 Å². The number of hydrogen-bond acceptors (Lipinski definition) is 7. The van der Waals surface area contributed by atoms with Crippen LogP contribution in [0.2, 0.25) is 0 Å². The fourth-order valence-corrected chi connectivity index (χ4v) is 4.99. The van der Waals surface area contributed by atoms with E-state index in [-0.39, 0.29) is 11.9 Å². The van der Waals surface area contributed by atoms with E-state index in [0.29, 0.717) is 12.2 Å². The van der Waals surface area contributed by atoms with E-state index in [0.717, 1.165) is 43.3 Å². The molecule has 1 saturated heterocycles. The third-order valence-electron chi connectivity index (χ3n) is 5.99. The molecule has 0 radical (unpaired) electrons. The number of para-hydroxylation sites is 1. The summed E-state index contributed by atoms with van der Waals surface area (Å²) in [4.78, 5) is 5.67. The maximum absolute atomic E-state index is 14.3. The minimum atomic E-state index is -0.183. The lowest BCUT2D eigenvalue weighted by atomic mass is 10.0. The van der Waals surface area contributed by atoms with Crippen LogP contribution < -0.4 is 9.64 Å². The van der Waals surface area contributed by atoms with E-state index in [1.807, 2.05) is 35.0 Å². The molecule has 2 aromatic heterocycles. The Balaban J connectivity index is 1.43. The zero-order valence-electron chi connectivity index (χ0n) is 18.3. The van der Waals surface area contributed by atoms with Crippen molar-refractivity contribution in [1.29, 1.82) is 0 Å². The van der Waals surface area contributed by atoms with E-state index < -0.39 is 0 Å². The molecule has 5 rings (SSSR count). The number of halogens is 1. The first-order valence-corrected chi connectivity index (χ1v) is 11.8. The number of rotatable bonds is 7. The smallest absolute Gasteiger partial charge is 0.173 e. The Hall–Kier alpha value is -3.30. The number of tetrazole rings is 1. The Morgan fingerprint density at radius 3 is 2.48 bits per heavy atom. The standard InChI is InChI=1S/C24H25FN6OS/c1-32-19-10-8-18(9-11-19)23(24-26-27-28-31(24)17-20-5-4-16-33-20)30-14-12-29(13-15-30)22-7-3-2-6-21(22)25/h2-11,16,23H,12-15,17H2,1H3/t23-/m1/s1. The molecule has 0 aliphatic carbocycles. The van der Waals surface area contributed by atoms with Crippen LogP contribution in [0.4, 0.5) is 10.1 Å². The van der Waals surface area contributed by atoms with Gasteiger partial charge in [-0.15, -0.1) is 16.4 Å². The van der Waals surface area contributed by atoms with Gasteiger partial charge in [-0.1, -0.05) is 30.3 Å². The summed E-state index contributed by atoms with van der Waals surface area (Å²) >= 11 is 1.69. The predicted octanol–water partition coefficient (Wildman–Crippen LogP) is 3.84. The number of benzene rings is 2. The third-order valence-corrected chi connectivity index (χ3v) is 6.86. The molecule has 1 aliphatic heterocycles. The molecule has 9 heteroatoms. The zero-order valence-corrected chi connectivity index (χ0v) is 19.2. The Kier molecular flexibility index (Phi) is 6.32. The molecule has 1 aliphatic rings. The highest BCUT2D eigenvalue weighted by Crippen LogP contribution is 2.31.